The summed E-state index contributed by atoms with van der Waals surface area (Å²) in [5.41, 5.74) is 1.79. The number of halogens is 1. The average Bonchev–Trinajstić information content (AvgIpc) is 3.31. The van der Waals surface area contributed by atoms with Crippen LogP contribution in [0.1, 0.15) is 24.1 Å². The summed E-state index contributed by atoms with van der Waals surface area (Å²) >= 11 is 1.53. The van der Waals surface area contributed by atoms with Crippen molar-refractivity contribution >= 4 is 21.6 Å². The number of hydrogen-bond acceptors (Lipinski definition) is 4. The van der Waals surface area contributed by atoms with Crippen LogP contribution in [0.15, 0.2) is 35.4 Å². The Labute approximate surface area is 161 Å². The molecule has 6 heteroatoms. The van der Waals surface area contributed by atoms with Crippen LogP contribution >= 0.6 is 11.3 Å². The van der Waals surface area contributed by atoms with E-state index >= 15 is 0 Å². The minimum atomic E-state index is -0.270. The lowest BCUT2D eigenvalue weighted by atomic mass is 10.0. The van der Waals surface area contributed by atoms with Crippen LogP contribution in [0.25, 0.3) is 21.3 Å². The molecule has 140 valence electrons. The van der Waals surface area contributed by atoms with E-state index in [4.69, 9.17) is 0 Å². The molecule has 1 unspecified atom stereocenters. The Kier molecular flexibility index (Phi) is 4.13. The summed E-state index contributed by atoms with van der Waals surface area (Å²) < 4.78 is 15.1. The quantitative estimate of drug-likeness (QED) is 0.682. The molecule has 0 amide bonds. The first-order valence-electron chi connectivity index (χ1n) is 9.58. The smallest absolute Gasteiger partial charge is 0.262 e. The molecule has 1 aliphatic carbocycles. The lowest BCUT2D eigenvalue weighted by Crippen LogP contribution is -2.27. The van der Waals surface area contributed by atoms with Gasteiger partial charge in [0.1, 0.15) is 10.6 Å². The zero-order valence-electron chi connectivity index (χ0n) is 15.3. The van der Waals surface area contributed by atoms with E-state index in [0.29, 0.717) is 11.3 Å². The molecule has 0 bridgehead atoms. The van der Waals surface area contributed by atoms with Gasteiger partial charge in [-0.1, -0.05) is 12.1 Å². The van der Waals surface area contributed by atoms with Gasteiger partial charge in [-0.15, -0.1) is 11.3 Å². The van der Waals surface area contributed by atoms with Crippen LogP contribution in [0.4, 0.5) is 4.39 Å². The van der Waals surface area contributed by atoms with E-state index in [9.17, 15) is 9.18 Å². The van der Waals surface area contributed by atoms with E-state index in [0.717, 1.165) is 52.9 Å². The molecule has 2 aromatic heterocycles. The van der Waals surface area contributed by atoms with Crippen molar-refractivity contribution in [3.63, 3.8) is 0 Å². The molecule has 2 aliphatic rings. The van der Waals surface area contributed by atoms with Gasteiger partial charge in [0.2, 0.25) is 0 Å². The number of aryl methyl sites for hydroxylation is 1. The third-order valence-electron chi connectivity index (χ3n) is 5.82. The fourth-order valence-electron chi connectivity index (χ4n) is 4.29. The third-order valence-corrected chi connectivity index (χ3v) is 6.84. The highest BCUT2D eigenvalue weighted by Crippen LogP contribution is 2.36. The molecular formula is C21H22FN3OS. The number of thiophene rings is 1. The molecule has 4 nitrogen and oxygen atoms in total. The Morgan fingerprint density at radius 2 is 2.00 bits per heavy atom. The van der Waals surface area contributed by atoms with Crippen LogP contribution in [0.3, 0.4) is 0 Å². The highest BCUT2D eigenvalue weighted by Gasteiger charge is 2.34. The molecule has 27 heavy (non-hydrogen) atoms. The van der Waals surface area contributed by atoms with Gasteiger partial charge in [0.25, 0.3) is 5.56 Å². The summed E-state index contributed by atoms with van der Waals surface area (Å²) in [4.78, 5) is 22.2. The Morgan fingerprint density at radius 3 is 2.74 bits per heavy atom. The van der Waals surface area contributed by atoms with Gasteiger partial charge < -0.3 is 4.90 Å². The van der Waals surface area contributed by atoms with Crippen LogP contribution in [-0.2, 0) is 6.54 Å². The zero-order valence-corrected chi connectivity index (χ0v) is 16.1. The minimum Gasteiger partial charge on any atom is -0.300 e. The molecule has 0 N–H and O–H groups in total. The summed E-state index contributed by atoms with van der Waals surface area (Å²) in [5, 5.41) is 0.670. The van der Waals surface area contributed by atoms with Crippen LogP contribution in [0.5, 0.6) is 0 Å². The summed E-state index contributed by atoms with van der Waals surface area (Å²) in [5.74, 6) is 0.240. The molecule has 1 saturated carbocycles. The number of benzene rings is 1. The minimum absolute atomic E-state index is 0.0218. The highest BCUT2D eigenvalue weighted by molar-refractivity contribution is 7.19. The predicted molar refractivity (Wildman–Crippen MR) is 107 cm³/mol. The van der Waals surface area contributed by atoms with Crippen molar-refractivity contribution in [1.29, 1.82) is 0 Å². The molecule has 1 aliphatic heterocycles. The third kappa shape index (κ3) is 3.11. The second-order valence-corrected chi connectivity index (χ2v) is 9.01. The van der Waals surface area contributed by atoms with Crippen molar-refractivity contribution in [3.8, 4) is 11.1 Å². The van der Waals surface area contributed by atoms with Gasteiger partial charge in [-0.25, -0.2) is 9.37 Å². The first-order chi connectivity index (χ1) is 13.1. The van der Waals surface area contributed by atoms with Crippen molar-refractivity contribution < 1.29 is 4.39 Å². The molecule has 3 aromatic rings. The summed E-state index contributed by atoms with van der Waals surface area (Å²) in [6, 6.07) is 7.16. The van der Waals surface area contributed by atoms with Gasteiger partial charge in [0, 0.05) is 29.6 Å². The van der Waals surface area contributed by atoms with E-state index in [2.05, 4.69) is 9.88 Å². The summed E-state index contributed by atoms with van der Waals surface area (Å²) in [7, 11) is 0. The number of nitrogens with zero attached hydrogens (tertiary/aromatic N) is 3. The van der Waals surface area contributed by atoms with E-state index in [1.165, 1.54) is 36.3 Å². The second-order valence-electron chi connectivity index (χ2n) is 7.80. The van der Waals surface area contributed by atoms with Gasteiger partial charge in [-0.3, -0.25) is 9.36 Å². The molecule has 2 fully saturated rings. The largest absolute Gasteiger partial charge is 0.300 e. The zero-order chi connectivity index (χ0) is 18.5. The van der Waals surface area contributed by atoms with E-state index < -0.39 is 0 Å². The lowest BCUT2D eigenvalue weighted by Gasteiger charge is -2.15. The van der Waals surface area contributed by atoms with Gasteiger partial charge in [-0.05, 0) is 56.3 Å². The summed E-state index contributed by atoms with van der Waals surface area (Å²) in [6.07, 6.45) is 5.51. The van der Waals surface area contributed by atoms with E-state index in [-0.39, 0.29) is 11.4 Å². The number of hydrogen-bond donors (Lipinski definition) is 0. The van der Waals surface area contributed by atoms with Crippen LogP contribution in [0, 0.1) is 18.7 Å². The van der Waals surface area contributed by atoms with Gasteiger partial charge in [0.15, 0.2) is 0 Å². The Hall–Kier alpha value is -2.05. The first-order valence-corrected chi connectivity index (χ1v) is 10.4. The van der Waals surface area contributed by atoms with Crippen molar-refractivity contribution in [2.24, 2.45) is 5.92 Å². The van der Waals surface area contributed by atoms with Crippen LogP contribution in [0.2, 0.25) is 0 Å². The molecule has 1 aromatic carbocycles. The number of rotatable bonds is 4. The van der Waals surface area contributed by atoms with Gasteiger partial charge in [0.05, 0.1) is 11.7 Å². The Balaban J connectivity index is 1.51. The van der Waals surface area contributed by atoms with E-state index in [1.54, 1.807) is 23.0 Å². The van der Waals surface area contributed by atoms with Crippen LogP contribution < -0.4 is 5.56 Å². The molecule has 1 saturated heterocycles. The predicted octanol–water partition coefficient (Wildman–Crippen LogP) is 4.06. The van der Waals surface area contributed by atoms with Crippen molar-refractivity contribution in [3.05, 3.63) is 51.6 Å². The fraction of sp³-hybridized carbons (Fsp3) is 0.429. The maximum atomic E-state index is 13.3. The molecule has 3 heterocycles. The lowest BCUT2D eigenvalue weighted by molar-refractivity contribution is 0.306. The van der Waals surface area contributed by atoms with Crippen molar-refractivity contribution in [1.82, 2.24) is 14.5 Å². The monoisotopic (exact) mass is 383 g/mol. The Bertz CT molecular complexity index is 1050. The number of fused-ring (bicyclic) bond motifs is 1. The molecule has 0 spiro atoms. The first kappa shape index (κ1) is 17.1. The summed E-state index contributed by atoms with van der Waals surface area (Å²) in [6.45, 7) is 4.96. The second kappa shape index (κ2) is 6.53. The van der Waals surface area contributed by atoms with Gasteiger partial charge in [-0.2, -0.15) is 0 Å². The van der Waals surface area contributed by atoms with Crippen molar-refractivity contribution in [2.75, 3.05) is 13.1 Å². The van der Waals surface area contributed by atoms with E-state index in [1.807, 2.05) is 6.92 Å². The standard InChI is InChI=1S/C21H22FN3OS/c1-13-18(15-2-4-16(22)5-3-15)19-20(27-13)23-12-25(21(19)26)11-14-8-9-24(10-14)17-6-7-17/h2-5,12,14,17H,6-11H2,1H3. The SMILES string of the molecule is Cc1sc2ncn(CC3CCN(C4CC4)C3)c(=O)c2c1-c1ccc(F)cc1. The molecular weight excluding hydrogens is 361 g/mol. The topological polar surface area (TPSA) is 38.1 Å². The maximum absolute atomic E-state index is 13.3. The van der Waals surface area contributed by atoms with Crippen molar-refractivity contribution in [2.45, 2.75) is 38.8 Å². The normalized spacial score (nSPS) is 20.6. The number of aromatic nitrogens is 2. The van der Waals surface area contributed by atoms with Crippen LogP contribution in [-0.4, -0.2) is 33.6 Å². The molecule has 5 rings (SSSR count). The fourth-order valence-corrected chi connectivity index (χ4v) is 5.30. The maximum Gasteiger partial charge on any atom is 0.262 e. The Morgan fingerprint density at radius 1 is 1.22 bits per heavy atom. The van der Waals surface area contributed by atoms with Gasteiger partial charge >= 0.3 is 0 Å². The average molecular weight is 383 g/mol. The molecule has 1 atom stereocenters. The number of likely N-dealkylation sites (tertiary alicyclic amines) is 1. The molecule has 0 radical (unpaired) electrons. The highest BCUT2D eigenvalue weighted by atomic mass is 32.1.